The van der Waals surface area contributed by atoms with Crippen LogP contribution in [-0.4, -0.2) is 38.2 Å². The molecule has 6 nitrogen and oxygen atoms in total. The largest absolute Gasteiger partial charge is 0.468 e. The van der Waals surface area contributed by atoms with Gasteiger partial charge in [0.25, 0.3) is 0 Å². The molecule has 0 bridgehead atoms. The molecule has 0 N–H and O–H groups in total. The molecule has 0 aromatic rings. The van der Waals surface area contributed by atoms with Crippen LogP contribution in [0.1, 0.15) is 26.7 Å². The Balaban J connectivity index is 2.44. The number of methoxy groups -OCH3 is 2. The van der Waals surface area contributed by atoms with E-state index in [-0.39, 0.29) is 18.3 Å². The number of fused-ring (bicyclic) bond motifs is 1. The van der Waals surface area contributed by atoms with Gasteiger partial charge in [-0.05, 0) is 18.4 Å². The molecule has 0 fully saturated rings. The molecule has 2 aliphatic carbocycles. The number of hydrogen-bond acceptors (Lipinski definition) is 6. The van der Waals surface area contributed by atoms with Crippen molar-refractivity contribution in [2.45, 2.75) is 32.8 Å². The molecule has 0 saturated carbocycles. The van der Waals surface area contributed by atoms with Crippen molar-refractivity contribution < 1.29 is 28.6 Å². The Bertz CT molecular complexity index is 641. The number of carbonyl (C=O) groups is 3. The highest BCUT2D eigenvalue weighted by molar-refractivity contribution is 6.03. The zero-order chi connectivity index (χ0) is 19.5. The van der Waals surface area contributed by atoms with E-state index in [4.69, 9.17) is 14.2 Å². The fraction of sp³-hybridized carbons (Fsp3) is 0.550. The van der Waals surface area contributed by atoms with Gasteiger partial charge in [-0.1, -0.05) is 37.6 Å². The highest BCUT2D eigenvalue weighted by Crippen LogP contribution is 2.53. The third-order valence-corrected chi connectivity index (χ3v) is 5.12. The lowest BCUT2D eigenvalue weighted by atomic mass is 9.69. The number of carbonyl (C=O) groups excluding carboxylic acids is 3. The summed E-state index contributed by atoms with van der Waals surface area (Å²) in [6, 6.07) is 0. The first-order chi connectivity index (χ1) is 12.3. The SMILES string of the molecule is C=CCC(=O)O[C@H]1C=C[C@@H]2C(C(C)C)=CC(C(=O)OC)(C(=O)OC)[C@@H]2C1. The normalized spacial score (nSPS) is 25.9. The maximum atomic E-state index is 12.7. The number of rotatable bonds is 6. The van der Waals surface area contributed by atoms with Gasteiger partial charge in [0.15, 0.2) is 5.41 Å². The van der Waals surface area contributed by atoms with Crippen LogP contribution in [0.25, 0.3) is 0 Å². The maximum absolute atomic E-state index is 12.7. The van der Waals surface area contributed by atoms with Gasteiger partial charge in [0, 0.05) is 11.8 Å². The summed E-state index contributed by atoms with van der Waals surface area (Å²) in [4.78, 5) is 37.1. The molecule has 142 valence electrons. The summed E-state index contributed by atoms with van der Waals surface area (Å²) in [6.07, 6.45) is 6.83. The van der Waals surface area contributed by atoms with Gasteiger partial charge in [0.1, 0.15) is 6.10 Å². The Hall–Kier alpha value is -2.37. The summed E-state index contributed by atoms with van der Waals surface area (Å²) in [5, 5.41) is 0. The summed E-state index contributed by atoms with van der Waals surface area (Å²) in [7, 11) is 2.51. The molecular weight excluding hydrogens is 336 g/mol. The lowest BCUT2D eigenvalue weighted by molar-refractivity contribution is -0.170. The average molecular weight is 362 g/mol. The molecule has 0 aromatic heterocycles. The van der Waals surface area contributed by atoms with Crippen LogP contribution < -0.4 is 0 Å². The minimum absolute atomic E-state index is 0.104. The van der Waals surface area contributed by atoms with Gasteiger partial charge >= 0.3 is 17.9 Å². The summed E-state index contributed by atoms with van der Waals surface area (Å²) in [5.74, 6) is -2.09. The lowest BCUT2D eigenvalue weighted by Crippen LogP contribution is -2.47. The second-order valence-corrected chi connectivity index (χ2v) is 6.93. The molecule has 0 unspecified atom stereocenters. The van der Waals surface area contributed by atoms with Crippen LogP contribution in [-0.2, 0) is 28.6 Å². The van der Waals surface area contributed by atoms with Crippen LogP contribution in [0.4, 0.5) is 0 Å². The first-order valence-electron chi connectivity index (χ1n) is 8.69. The van der Waals surface area contributed by atoms with Crippen molar-refractivity contribution in [1.82, 2.24) is 0 Å². The monoisotopic (exact) mass is 362 g/mol. The highest BCUT2D eigenvalue weighted by Gasteiger charge is 2.60. The predicted octanol–water partition coefficient (Wildman–Crippen LogP) is 2.60. The average Bonchev–Trinajstić information content (AvgIpc) is 2.96. The first-order valence-corrected chi connectivity index (χ1v) is 8.69. The van der Waals surface area contributed by atoms with Crippen molar-refractivity contribution in [2.75, 3.05) is 14.2 Å². The molecule has 0 spiro atoms. The molecule has 2 rings (SSSR count). The molecule has 0 aromatic carbocycles. The maximum Gasteiger partial charge on any atom is 0.327 e. The van der Waals surface area contributed by atoms with E-state index in [1.165, 1.54) is 20.3 Å². The number of ether oxygens (including phenoxy) is 3. The Morgan fingerprint density at radius 1 is 1.23 bits per heavy atom. The van der Waals surface area contributed by atoms with Gasteiger partial charge in [-0.3, -0.25) is 14.4 Å². The van der Waals surface area contributed by atoms with Gasteiger partial charge in [-0.25, -0.2) is 0 Å². The molecular formula is C20H26O6. The van der Waals surface area contributed by atoms with Crippen LogP contribution in [0.2, 0.25) is 0 Å². The molecule has 0 aliphatic heterocycles. The standard InChI is InChI=1S/C20H26O6/c1-6-7-17(21)26-13-8-9-14-15(12(2)3)11-20(16(14)10-13,18(22)24-4)19(23)25-5/h6,8-9,11-14,16H,1,7,10H2,2-5H3/t13-,14+,16+/m0/s1. The number of allylic oxidation sites excluding steroid dienone is 2. The zero-order valence-electron chi connectivity index (χ0n) is 15.7. The van der Waals surface area contributed by atoms with Crippen molar-refractivity contribution in [3.05, 3.63) is 36.5 Å². The smallest absolute Gasteiger partial charge is 0.327 e. The molecule has 2 aliphatic rings. The third kappa shape index (κ3) is 3.32. The Labute approximate surface area is 153 Å². The van der Waals surface area contributed by atoms with E-state index >= 15 is 0 Å². The number of esters is 3. The first kappa shape index (κ1) is 19.9. The van der Waals surface area contributed by atoms with E-state index in [0.29, 0.717) is 6.42 Å². The van der Waals surface area contributed by atoms with E-state index in [1.807, 2.05) is 26.0 Å². The van der Waals surface area contributed by atoms with Gasteiger partial charge in [-0.2, -0.15) is 0 Å². The van der Waals surface area contributed by atoms with Crippen molar-refractivity contribution >= 4 is 17.9 Å². The fourth-order valence-corrected chi connectivity index (χ4v) is 3.95. The summed E-state index contributed by atoms with van der Waals surface area (Å²) in [5.41, 5.74) is -0.542. The molecule has 0 radical (unpaired) electrons. The topological polar surface area (TPSA) is 78.9 Å². The molecule has 0 saturated heterocycles. The van der Waals surface area contributed by atoms with Crippen LogP contribution >= 0.6 is 0 Å². The summed E-state index contributed by atoms with van der Waals surface area (Å²) >= 11 is 0. The summed E-state index contributed by atoms with van der Waals surface area (Å²) in [6.45, 7) is 7.54. The molecule has 26 heavy (non-hydrogen) atoms. The van der Waals surface area contributed by atoms with Crippen LogP contribution in [0, 0.1) is 23.2 Å². The molecule has 0 amide bonds. The fourth-order valence-electron chi connectivity index (χ4n) is 3.95. The van der Waals surface area contributed by atoms with Gasteiger partial charge in [0.2, 0.25) is 0 Å². The van der Waals surface area contributed by atoms with E-state index in [2.05, 4.69) is 6.58 Å². The Kier molecular flexibility index (Phi) is 6.05. The molecule has 3 atom stereocenters. The Morgan fingerprint density at radius 2 is 1.85 bits per heavy atom. The van der Waals surface area contributed by atoms with Crippen molar-refractivity contribution in [2.24, 2.45) is 23.2 Å². The van der Waals surface area contributed by atoms with Crippen LogP contribution in [0.5, 0.6) is 0 Å². The second-order valence-electron chi connectivity index (χ2n) is 6.93. The van der Waals surface area contributed by atoms with E-state index < -0.39 is 35.3 Å². The lowest BCUT2D eigenvalue weighted by Gasteiger charge is -2.36. The van der Waals surface area contributed by atoms with E-state index in [0.717, 1.165) is 5.57 Å². The van der Waals surface area contributed by atoms with Crippen molar-refractivity contribution in [1.29, 1.82) is 0 Å². The van der Waals surface area contributed by atoms with Gasteiger partial charge in [-0.15, -0.1) is 6.58 Å². The number of hydrogen-bond donors (Lipinski definition) is 0. The Morgan fingerprint density at radius 3 is 2.35 bits per heavy atom. The second kappa shape index (κ2) is 7.89. The van der Waals surface area contributed by atoms with Gasteiger partial charge in [0.05, 0.1) is 20.6 Å². The minimum atomic E-state index is -1.53. The molecule has 0 heterocycles. The summed E-state index contributed by atoms with van der Waals surface area (Å²) < 4.78 is 15.4. The van der Waals surface area contributed by atoms with E-state index in [1.54, 1.807) is 6.08 Å². The van der Waals surface area contributed by atoms with E-state index in [9.17, 15) is 14.4 Å². The highest BCUT2D eigenvalue weighted by atomic mass is 16.6. The van der Waals surface area contributed by atoms with Crippen LogP contribution in [0.15, 0.2) is 36.5 Å². The van der Waals surface area contributed by atoms with Crippen LogP contribution in [0.3, 0.4) is 0 Å². The predicted molar refractivity (Wildman–Crippen MR) is 94.8 cm³/mol. The zero-order valence-corrected chi connectivity index (χ0v) is 15.7. The quantitative estimate of drug-likeness (QED) is 0.313. The van der Waals surface area contributed by atoms with Crippen molar-refractivity contribution in [3.63, 3.8) is 0 Å². The molecule has 6 heteroatoms. The third-order valence-electron chi connectivity index (χ3n) is 5.12. The van der Waals surface area contributed by atoms with Gasteiger partial charge < -0.3 is 14.2 Å². The van der Waals surface area contributed by atoms with Crippen molar-refractivity contribution in [3.8, 4) is 0 Å². The minimum Gasteiger partial charge on any atom is -0.468 e.